The van der Waals surface area contributed by atoms with Crippen molar-refractivity contribution in [3.63, 3.8) is 0 Å². The molecular weight excluding hydrogens is 679 g/mol. The first-order chi connectivity index (χ1) is 21.7. The monoisotopic (exact) mass is 702 g/mol. The fourth-order valence-corrected chi connectivity index (χ4v) is 8.01. The first kappa shape index (κ1) is 31.8. The molecule has 244 valence electrons. The Hall–Kier alpha value is -2.75. The van der Waals surface area contributed by atoms with Crippen LogP contribution < -0.4 is 11.3 Å². The molecule has 0 bridgehead atoms. The van der Waals surface area contributed by atoms with Gasteiger partial charge >= 0.3 is 6.72 Å². The molecule has 3 fully saturated rings. The molecule has 0 spiro atoms. The topological polar surface area (TPSA) is 222 Å². The third kappa shape index (κ3) is 5.40. The Morgan fingerprint density at radius 1 is 1.04 bits per heavy atom. The summed E-state index contributed by atoms with van der Waals surface area (Å²) >= 11 is 5.17. The number of fused-ring (bicyclic) bond motifs is 4. The van der Waals surface area contributed by atoms with Gasteiger partial charge in [-0.2, -0.15) is 0 Å². The van der Waals surface area contributed by atoms with Crippen molar-refractivity contribution in [2.45, 2.75) is 49.1 Å². The minimum Gasteiger partial charge on any atom is -0.386 e. The van der Waals surface area contributed by atoms with Gasteiger partial charge < -0.3 is 47.9 Å². The van der Waals surface area contributed by atoms with Gasteiger partial charge in [0.25, 0.3) is 13.0 Å². The first-order valence-corrected chi connectivity index (χ1v) is 17.6. The van der Waals surface area contributed by atoms with Gasteiger partial charge in [-0.15, -0.1) is 0 Å². The molecule has 24 heteroatoms. The highest BCUT2D eigenvalue weighted by Gasteiger charge is 2.53. The van der Waals surface area contributed by atoms with Crippen LogP contribution in [0.25, 0.3) is 22.2 Å². The number of hydrogen-bond acceptors (Lipinski definition) is 15. The Kier molecular flexibility index (Phi) is 7.92. The Morgan fingerprint density at radius 2 is 1.76 bits per heavy atom. The number of rotatable bonds is 2. The summed E-state index contributed by atoms with van der Waals surface area (Å²) in [6, 6.07) is 0. The second-order valence-corrected chi connectivity index (χ2v) is 15.0. The summed E-state index contributed by atoms with van der Waals surface area (Å²) in [6.07, 6.45) is -8.28. The number of hydrogen-bond donors (Lipinski definition) is 3. The summed E-state index contributed by atoms with van der Waals surface area (Å²) in [5, 5.41) is 10.9. The molecule has 3 aliphatic heterocycles. The van der Waals surface area contributed by atoms with E-state index in [-0.39, 0.29) is 28.0 Å². The van der Waals surface area contributed by atoms with Gasteiger partial charge in [0.1, 0.15) is 47.8 Å². The van der Waals surface area contributed by atoms with Crippen molar-refractivity contribution in [3.8, 4) is 0 Å². The summed E-state index contributed by atoms with van der Waals surface area (Å²) in [7, 11) is 2.61. The van der Waals surface area contributed by atoms with E-state index in [1.54, 1.807) is 0 Å². The summed E-state index contributed by atoms with van der Waals surface area (Å²) in [5.74, 6) is -0.905. The van der Waals surface area contributed by atoms with E-state index >= 15 is 4.39 Å². The van der Waals surface area contributed by atoms with Gasteiger partial charge in [0.15, 0.2) is 41.6 Å². The molecule has 10 atom stereocenters. The van der Waals surface area contributed by atoms with Gasteiger partial charge in [-0.1, -0.05) is 0 Å². The van der Waals surface area contributed by atoms with Crippen molar-refractivity contribution in [1.82, 2.24) is 33.6 Å². The SMILES string of the molecule is [B]P1(=O)OC[C@H]2O[C@@H](n3cc(F)c4c(=O)n(C)cnc43)[C@@H](O)C2OP(O)(=S)OC[C@H]2O[C@@H](n3cnc4c(N)ncnc43)C(F)[C@H]2O1. The van der Waals surface area contributed by atoms with Gasteiger partial charge in [0.2, 0.25) is 7.57 Å². The second-order valence-electron chi connectivity index (χ2n) is 10.6. The van der Waals surface area contributed by atoms with Crippen LogP contribution in [0.1, 0.15) is 12.5 Å². The molecule has 2 radical (unpaired) electrons. The van der Waals surface area contributed by atoms with Crippen molar-refractivity contribution in [1.29, 1.82) is 0 Å². The number of alkyl halides is 1. The number of ether oxygens (including phenoxy) is 2. The largest absolute Gasteiger partial charge is 0.386 e. The molecule has 3 aliphatic rings. The van der Waals surface area contributed by atoms with Gasteiger partial charge in [-0.05, 0) is 11.8 Å². The Bertz CT molecular complexity index is 2000. The molecule has 4 N–H and O–H groups in total. The van der Waals surface area contributed by atoms with Crippen LogP contribution >= 0.6 is 14.2 Å². The molecule has 3 saturated heterocycles. The number of aliphatic hydroxyl groups is 1. The van der Waals surface area contributed by atoms with E-state index in [1.807, 2.05) is 0 Å². The maximum Gasteiger partial charge on any atom is 0.325 e. The van der Waals surface area contributed by atoms with Crippen LogP contribution in [-0.2, 0) is 51.0 Å². The third-order valence-electron chi connectivity index (χ3n) is 7.70. The van der Waals surface area contributed by atoms with Crippen LogP contribution in [0.4, 0.5) is 14.6 Å². The van der Waals surface area contributed by atoms with Crippen molar-refractivity contribution in [2.24, 2.45) is 7.05 Å². The average Bonchev–Trinajstić information content (AvgIpc) is 3.73. The van der Waals surface area contributed by atoms with Crippen molar-refractivity contribution in [2.75, 3.05) is 18.9 Å². The summed E-state index contributed by atoms with van der Waals surface area (Å²) in [4.78, 5) is 39.6. The normalized spacial score (nSPS) is 37.2. The summed E-state index contributed by atoms with van der Waals surface area (Å²) in [6.45, 7) is -5.64. The van der Waals surface area contributed by atoms with Crippen LogP contribution in [0.15, 0.2) is 30.0 Å². The number of nitrogen functional groups attached to an aromatic ring is 1. The number of aryl methyl sites for hydroxylation is 1. The number of nitrogens with two attached hydrogens (primary N) is 1. The zero-order chi connectivity index (χ0) is 32.7. The van der Waals surface area contributed by atoms with Crippen LogP contribution in [0.2, 0.25) is 0 Å². The minimum absolute atomic E-state index is 0.0361. The van der Waals surface area contributed by atoms with E-state index in [1.165, 1.54) is 17.9 Å². The van der Waals surface area contributed by atoms with E-state index in [4.69, 9.17) is 52.7 Å². The van der Waals surface area contributed by atoms with E-state index in [0.717, 1.165) is 28.0 Å². The fourth-order valence-electron chi connectivity index (χ4n) is 5.55. The van der Waals surface area contributed by atoms with Gasteiger partial charge in [-0.25, -0.2) is 28.7 Å². The highest BCUT2D eigenvalue weighted by Crippen LogP contribution is 2.54. The standard InChI is InChI=1S/C22H23BF2N8O10P2S/c1-31-6-30-18-11(20(31)35)8(24)2-32(18)22-14(34)16-10(41-22)3-38-44(23,36)42-15-9(4-39-45(37,46)43-16)40-21(12(15)25)33-7-29-13-17(26)27-5-28-19(13)33/h2,5-7,9-10,12,14-16,21-22,34H,3-4H2,1H3,(H,37,46)(H2,26,27,28)/t9-,10-,12?,14+,15+,16?,21-,22-,44?,45?/m1/s1. The highest BCUT2D eigenvalue weighted by molar-refractivity contribution is 8.07. The van der Waals surface area contributed by atoms with E-state index in [0.29, 0.717) is 0 Å². The number of anilines is 1. The molecule has 7 heterocycles. The predicted octanol–water partition coefficient (Wildman–Crippen LogP) is 0.101. The Balaban J connectivity index is 1.18. The lowest BCUT2D eigenvalue weighted by Crippen LogP contribution is -2.38. The smallest absolute Gasteiger partial charge is 0.325 e. The molecule has 4 aromatic heterocycles. The van der Waals surface area contributed by atoms with Gasteiger partial charge in [-0.3, -0.25) is 18.5 Å². The maximum atomic E-state index is 16.0. The number of nitrogens with zero attached hydrogens (tertiary/aromatic N) is 7. The zero-order valence-electron chi connectivity index (χ0n) is 23.3. The molecular formula is C22H23BF2N8O10P2S. The molecule has 18 nitrogen and oxygen atoms in total. The zero-order valence-corrected chi connectivity index (χ0v) is 26.0. The Labute approximate surface area is 262 Å². The summed E-state index contributed by atoms with van der Waals surface area (Å²) < 4.78 is 81.0. The third-order valence-corrected chi connectivity index (χ3v) is 10.3. The van der Waals surface area contributed by atoms with Crippen LogP contribution in [0.5, 0.6) is 0 Å². The van der Waals surface area contributed by atoms with Gasteiger partial charge in [0, 0.05) is 13.2 Å². The molecule has 46 heavy (non-hydrogen) atoms. The predicted molar refractivity (Wildman–Crippen MR) is 155 cm³/mol. The minimum atomic E-state index is -4.61. The molecule has 7 rings (SSSR count). The van der Waals surface area contributed by atoms with Crippen molar-refractivity contribution < 1.29 is 50.9 Å². The Morgan fingerprint density at radius 3 is 2.54 bits per heavy atom. The van der Waals surface area contributed by atoms with Gasteiger partial charge in [0.05, 0.1) is 25.9 Å². The molecule has 0 saturated carbocycles. The van der Waals surface area contributed by atoms with Crippen LogP contribution in [0, 0.1) is 5.82 Å². The molecule has 0 aliphatic carbocycles. The first-order valence-electron chi connectivity index (χ1n) is 13.4. The van der Waals surface area contributed by atoms with Crippen molar-refractivity contribution in [3.05, 3.63) is 41.3 Å². The quantitative estimate of drug-likeness (QED) is 0.186. The van der Waals surface area contributed by atoms with E-state index in [9.17, 15) is 23.7 Å². The molecule has 0 aromatic carbocycles. The average molecular weight is 702 g/mol. The number of aliphatic hydroxyl groups excluding tert-OH is 1. The number of halogens is 2. The lowest BCUT2D eigenvalue weighted by atomic mass is 10.1. The number of imidazole rings is 1. The van der Waals surface area contributed by atoms with Crippen LogP contribution in [-0.4, -0.2) is 101 Å². The molecule has 0 amide bonds. The fraction of sp³-hybridized carbons (Fsp3) is 0.500. The highest BCUT2D eigenvalue weighted by atomic mass is 32.5. The molecule has 4 aromatic rings. The number of aromatic nitrogens is 7. The maximum absolute atomic E-state index is 16.0. The van der Waals surface area contributed by atoms with E-state index in [2.05, 4.69) is 19.9 Å². The van der Waals surface area contributed by atoms with Crippen LogP contribution in [0.3, 0.4) is 0 Å². The summed E-state index contributed by atoms with van der Waals surface area (Å²) in [5.41, 5.74) is 5.27. The lowest BCUT2D eigenvalue weighted by molar-refractivity contribution is -0.0571. The van der Waals surface area contributed by atoms with Crippen molar-refractivity contribution >= 4 is 61.6 Å². The lowest BCUT2D eigenvalue weighted by Gasteiger charge is -2.30. The second kappa shape index (κ2) is 11.4. The van der Waals surface area contributed by atoms with E-state index < -0.39 is 87.9 Å². The molecule has 4 unspecified atom stereocenters.